The first-order valence-electron chi connectivity index (χ1n) is 9.04. The topological polar surface area (TPSA) is 89.4 Å². The molecule has 0 aliphatic rings. The van der Waals surface area contributed by atoms with Crippen LogP contribution in [-0.4, -0.2) is 71.1 Å². The molecule has 0 amide bonds. The van der Waals surface area contributed by atoms with Gasteiger partial charge in [0.25, 0.3) is 0 Å². The van der Waals surface area contributed by atoms with Gasteiger partial charge in [0.05, 0.1) is 0 Å². The van der Waals surface area contributed by atoms with Crippen LogP contribution in [0.3, 0.4) is 0 Å². The molecular formula is C15H38NO6PSi. The first-order chi connectivity index (χ1) is 11.4. The predicted octanol–water partition coefficient (Wildman–Crippen LogP) is 1.43. The Morgan fingerprint density at radius 1 is 1.00 bits per heavy atom. The van der Waals surface area contributed by atoms with E-state index in [0.717, 1.165) is 6.04 Å². The van der Waals surface area contributed by atoms with Gasteiger partial charge in [-0.2, -0.15) is 0 Å². The maximum absolute atomic E-state index is 10.3. The van der Waals surface area contributed by atoms with Gasteiger partial charge < -0.3 is 0 Å². The second-order valence-corrected chi connectivity index (χ2v) is 10.1. The number of rotatable bonds is 16. The molecule has 0 radical (unpaired) electrons. The molecular weight excluding hydrogens is 349 g/mol. The fraction of sp³-hybridized carbons (Fsp3) is 1.00. The van der Waals surface area contributed by atoms with Gasteiger partial charge >= 0.3 is 149 Å². The van der Waals surface area contributed by atoms with Gasteiger partial charge in [-0.1, -0.05) is 0 Å². The van der Waals surface area contributed by atoms with Gasteiger partial charge in [0.15, 0.2) is 0 Å². The van der Waals surface area contributed by atoms with Crippen LogP contribution in [-0.2, 0) is 17.9 Å². The van der Waals surface area contributed by atoms with Crippen molar-refractivity contribution in [1.29, 1.82) is 0 Å². The number of aliphatic hydroxyl groups excluding tert-OH is 1. The third-order valence-corrected chi connectivity index (χ3v) is 8.41. The zero-order valence-corrected chi connectivity index (χ0v) is 18.1. The Morgan fingerprint density at radius 2 is 1.54 bits per heavy atom. The standard InChI is InChI=1S/C15H38NO6PSi/c1-6-19-23(18,20-7-2)11-10-16-12-15(14(5)17)13-24(21-8-3)22-9-4/h14-18,23-24H,6-13H2,1-5H3. The van der Waals surface area contributed by atoms with Crippen LogP contribution in [0.1, 0.15) is 34.6 Å². The van der Waals surface area contributed by atoms with Crippen LogP contribution in [0.25, 0.3) is 0 Å². The summed E-state index contributed by atoms with van der Waals surface area (Å²) in [6, 6.07) is 0.755. The van der Waals surface area contributed by atoms with Crippen LogP contribution in [0.2, 0.25) is 6.04 Å². The number of nitrogens with one attached hydrogen (secondary N) is 1. The fourth-order valence-corrected chi connectivity index (χ4v) is 6.36. The Hall–Kier alpha value is 0.367. The molecule has 0 bridgehead atoms. The van der Waals surface area contributed by atoms with Crippen LogP contribution >= 0.6 is 7.94 Å². The van der Waals surface area contributed by atoms with E-state index in [4.69, 9.17) is 17.9 Å². The molecule has 0 aliphatic carbocycles. The predicted molar refractivity (Wildman–Crippen MR) is 102 cm³/mol. The summed E-state index contributed by atoms with van der Waals surface area (Å²) in [6.07, 6.45) is 0.0160. The zero-order chi connectivity index (χ0) is 18.4. The second kappa shape index (κ2) is 14.5. The molecule has 7 nitrogen and oxygen atoms in total. The Bertz CT molecular complexity index is 289. The van der Waals surface area contributed by atoms with E-state index in [-0.39, 0.29) is 5.92 Å². The minimum atomic E-state index is -3.07. The van der Waals surface area contributed by atoms with Crippen molar-refractivity contribution in [2.45, 2.75) is 46.8 Å². The molecule has 0 aromatic carbocycles. The van der Waals surface area contributed by atoms with Crippen molar-refractivity contribution in [1.82, 2.24) is 5.32 Å². The molecule has 148 valence electrons. The van der Waals surface area contributed by atoms with Crippen LogP contribution < -0.4 is 5.32 Å². The molecule has 2 atom stereocenters. The van der Waals surface area contributed by atoms with Crippen LogP contribution in [0.15, 0.2) is 0 Å². The van der Waals surface area contributed by atoms with E-state index >= 15 is 0 Å². The summed E-state index contributed by atoms with van der Waals surface area (Å²) in [5, 5.41) is 13.3. The maximum atomic E-state index is 10.3. The molecule has 24 heavy (non-hydrogen) atoms. The molecule has 0 heterocycles. The second-order valence-electron chi connectivity index (χ2n) is 5.61. The summed E-state index contributed by atoms with van der Waals surface area (Å²) in [4.78, 5) is 10.3. The average Bonchev–Trinajstić information content (AvgIpc) is 2.51. The summed E-state index contributed by atoms with van der Waals surface area (Å²) < 4.78 is 22.2. The zero-order valence-electron chi connectivity index (χ0n) is 15.9. The van der Waals surface area contributed by atoms with E-state index in [1.54, 1.807) is 6.92 Å². The van der Waals surface area contributed by atoms with Crippen molar-refractivity contribution in [3.05, 3.63) is 0 Å². The molecule has 0 saturated carbocycles. The van der Waals surface area contributed by atoms with E-state index < -0.39 is 23.3 Å². The Balaban J connectivity index is 4.33. The summed E-state index contributed by atoms with van der Waals surface area (Å²) in [7, 11) is -4.82. The van der Waals surface area contributed by atoms with Crippen LogP contribution in [0.4, 0.5) is 0 Å². The van der Waals surface area contributed by atoms with E-state index in [1.807, 2.05) is 27.7 Å². The summed E-state index contributed by atoms with van der Waals surface area (Å²) >= 11 is 0. The molecule has 9 heteroatoms. The van der Waals surface area contributed by atoms with Gasteiger partial charge in [-0.05, 0) is 0 Å². The minimum absolute atomic E-state index is 0.0636. The first kappa shape index (κ1) is 24.4. The summed E-state index contributed by atoms with van der Waals surface area (Å²) in [6.45, 7) is 12.8. The van der Waals surface area contributed by atoms with Crippen LogP contribution in [0, 0.1) is 5.92 Å². The first-order valence-corrected chi connectivity index (χ1v) is 12.8. The Morgan fingerprint density at radius 3 is 1.96 bits per heavy atom. The molecule has 0 saturated heterocycles. The van der Waals surface area contributed by atoms with Gasteiger partial charge in [0.2, 0.25) is 0 Å². The molecule has 0 rings (SSSR count). The molecule has 0 aromatic heterocycles. The molecule has 2 unspecified atom stereocenters. The monoisotopic (exact) mass is 387 g/mol. The quantitative estimate of drug-likeness (QED) is 0.210. The summed E-state index contributed by atoms with van der Waals surface area (Å²) in [5.41, 5.74) is 0. The van der Waals surface area contributed by atoms with Gasteiger partial charge in [0, 0.05) is 0 Å². The third-order valence-electron chi connectivity index (χ3n) is 3.65. The number of aliphatic hydroxyl groups is 1. The van der Waals surface area contributed by atoms with E-state index in [2.05, 4.69) is 5.32 Å². The van der Waals surface area contributed by atoms with E-state index in [1.165, 1.54) is 0 Å². The van der Waals surface area contributed by atoms with E-state index in [0.29, 0.717) is 45.7 Å². The van der Waals surface area contributed by atoms with Gasteiger partial charge in [-0.3, -0.25) is 0 Å². The normalized spacial score (nSPS) is 15.7. The van der Waals surface area contributed by atoms with Crippen molar-refractivity contribution >= 4 is 17.2 Å². The Kier molecular flexibility index (Phi) is 14.7. The van der Waals surface area contributed by atoms with Gasteiger partial charge in [-0.25, -0.2) is 0 Å². The van der Waals surface area contributed by atoms with Gasteiger partial charge in [-0.15, -0.1) is 0 Å². The average molecular weight is 388 g/mol. The SMILES string of the molecule is CCO[SiH](CC(CNCC[PH](O)(OCC)OCC)C(C)O)OCC. The molecule has 0 aromatic rings. The molecule has 0 spiro atoms. The third kappa shape index (κ3) is 11.1. The molecule has 0 aliphatic heterocycles. The van der Waals surface area contributed by atoms with Crippen molar-refractivity contribution in [3.63, 3.8) is 0 Å². The van der Waals surface area contributed by atoms with Gasteiger partial charge in [0.1, 0.15) is 0 Å². The van der Waals surface area contributed by atoms with E-state index in [9.17, 15) is 10.00 Å². The summed E-state index contributed by atoms with van der Waals surface area (Å²) in [5.74, 6) is 0.0636. The van der Waals surface area contributed by atoms with Crippen LogP contribution in [0.5, 0.6) is 0 Å². The number of hydrogen-bond donors (Lipinski definition) is 3. The van der Waals surface area contributed by atoms with Crippen molar-refractivity contribution < 1.29 is 27.9 Å². The van der Waals surface area contributed by atoms with Crippen molar-refractivity contribution in [2.24, 2.45) is 5.92 Å². The fourth-order valence-electron chi connectivity index (χ4n) is 2.42. The number of hydrogen-bond acceptors (Lipinski definition) is 7. The van der Waals surface area contributed by atoms with Crippen molar-refractivity contribution in [3.8, 4) is 0 Å². The Labute approximate surface area is 149 Å². The molecule has 3 N–H and O–H groups in total. The molecule has 0 fully saturated rings. The van der Waals surface area contributed by atoms with Crippen molar-refractivity contribution in [2.75, 3.05) is 45.7 Å².